The van der Waals surface area contributed by atoms with Gasteiger partial charge in [-0.25, -0.2) is 0 Å². The molecule has 64 valence electrons. The van der Waals surface area contributed by atoms with Gasteiger partial charge in [-0.15, -0.1) is 0 Å². The van der Waals surface area contributed by atoms with E-state index in [0.717, 1.165) is 0 Å². The Bertz CT molecular complexity index is 340. The number of benzene rings is 1. The van der Waals surface area contributed by atoms with Crippen LogP contribution in [-0.2, 0) is 0 Å². The van der Waals surface area contributed by atoms with Gasteiger partial charge in [-0.1, -0.05) is 6.07 Å². The molecular weight excluding hydrogens is 276 g/mol. The number of halogens is 2. The van der Waals surface area contributed by atoms with Crippen molar-refractivity contribution >= 4 is 28.3 Å². The summed E-state index contributed by atoms with van der Waals surface area (Å²) in [5, 5.41) is 10.2. The number of nitrogens with zero attached hydrogens (tertiary/aromatic N) is 1. The molecule has 5 heteroatoms. The molecule has 0 atom stereocenters. The largest absolute Gasteiger partial charge is 0.305 e. The minimum atomic E-state index is -0.749. The number of nitro benzene ring substituents is 1. The molecule has 1 rings (SSSR count). The van der Waals surface area contributed by atoms with Gasteiger partial charge in [0.05, 0.1) is 8.49 Å². The van der Waals surface area contributed by atoms with Crippen molar-refractivity contribution in [2.24, 2.45) is 0 Å². The van der Waals surface area contributed by atoms with Crippen molar-refractivity contribution in [1.82, 2.24) is 0 Å². The number of rotatable bonds is 1. The summed E-state index contributed by atoms with van der Waals surface area (Å²) in [7, 11) is 0. The summed E-state index contributed by atoms with van der Waals surface area (Å²) in [5.74, 6) is -0.749. The van der Waals surface area contributed by atoms with Crippen molar-refractivity contribution in [2.75, 3.05) is 0 Å². The molecule has 0 aromatic heterocycles. The summed E-state index contributed by atoms with van der Waals surface area (Å²) in [5.41, 5.74) is 0.240. The summed E-state index contributed by atoms with van der Waals surface area (Å²) in [6.07, 6.45) is 0. The summed E-state index contributed by atoms with van der Waals surface area (Å²) in [6, 6.07) is 2.70. The summed E-state index contributed by atoms with van der Waals surface area (Å²) in [4.78, 5) is 9.52. The first-order valence-electron chi connectivity index (χ1n) is 3.13. The molecule has 0 saturated heterocycles. The average molecular weight is 281 g/mol. The molecule has 0 unspecified atom stereocenters. The molecule has 3 nitrogen and oxygen atoms in total. The second-order valence-electron chi connectivity index (χ2n) is 2.29. The lowest BCUT2D eigenvalue weighted by Gasteiger charge is -1.99. The maximum atomic E-state index is 13.1. The van der Waals surface area contributed by atoms with Gasteiger partial charge in [0.2, 0.25) is 5.82 Å². The zero-order chi connectivity index (χ0) is 9.30. The van der Waals surface area contributed by atoms with Crippen LogP contribution in [0.3, 0.4) is 0 Å². The molecule has 0 saturated carbocycles. The molecule has 0 aliphatic heterocycles. The summed E-state index contributed by atoms with van der Waals surface area (Å²) in [6.45, 7) is 1.70. The van der Waals surface area contributed by atoms with Crippen molar-refractivity contribution in [2.45, 2.75) is 6.92 Å². The Morgan fingerprint density at radius 2 is 2.17 bits per heavy atom. The van der Waals surface area contributed by atoms with E-state index in [4.69, 9.17) is 0 Å². The van der Waals surface area contributed by atoms with Crippen LogP contribution in [0.2, 0.25) is 0 Å². The standard InChI is InChI=1S/C7H5FINO2/c1-4-2-3-5(10(11)12)6(8)7(4)9/h2-3H,1H3. The normalized spacial score (nSPS) is 9.92. The van der Waals surface area contributed by atoms with Gasteiger partial charge in [-0.3, -0.25) is 10.1 Å². The first-order chi connectivity index (χ1) is 5.54. The predicted molar refractivity (Wildman–Crippen MR) is 50.5 cm³/mol. The van der Waals surface area contributed by atoms with Crippen LogP contribution < -0.4 is 0 Å². The number of hydrogen-bond acceptors (Lipinski definition) is 2. The highest BCUT2D eigenvalue weighted by Crippen LogP contribution is 2.24. The van der Waals surface area contributed by atoms with E-state index in [1.165, 1.54) is 12.1 Å². The van der Waals surface area contributed by atoms with Gasteiger partial charge < -0.3 is 0 Å². The van der Waals surface area contributed by atoms with Crippen LogP contribution in [0.1, 0.15) is 5.56 Å². The van der Waals surface area contributed by atoms with Crippen molar-refractivity contribution in [3.8, 4) is 0 Å². The van der Waals surface area contributed by atoms with Gasteiger partial charge in [-0.2, -0.15) is 4.39 Å². The van der Waals surface area contributed by atoms with Gasteiger partial charge in [0.15, 0.2) is 0 Å². The number of nitro groups is 1. The molecule has 0 N–H and O–H groups in total. The van der Waals surface area contributed by atoms with Gasteiger partial charge in [0.25, 0.3) is 0 Å². The summed E-state index contributed by atoms with van der Waals surface area (Å²) < 4.78 is 13.4. The lowest BCUT2D eigenvalue weighted by molar-refractivity contribution is -0.387. The first-order valence-corrected chi connectivity index (χ1v) is 4.21. The van der Waals surface area contributed by atoms with E-state index in [9.17, 15) is 14.5 Å². The van der Waals surface area contributed by atoms with Crippen molar-refractivity contribution < 1.29 is 9.31 Å². The smallest absolute Gasteiger partial charge is 0.258 e. The lowest BCUT2D eigenvalue weighted by atomic mass is 10.2. The van der Waals surface area contributed by atoms with E-state index in [1.807, 2.05) is 0 Å². The third kappa shape index (κ3) is 1.55. The Hall–Kier alpha value is -0.720. The summed E-state index contributed by atoms with van der Waals surface area (Å²) >= 11 is 1.75. The molecule has 0 bridgehead atoms. The molecule has 0 aliphatic carbocycles. The number of hydrogen-bond donors (Lipinski definition) is 0. The maximum Gasteiger partial charge on any atom is 0.305 e. The highest BCUT2D eigenvalue weighted by atomic mass is 127. The maximum absolute atomic E-state index is 13.1. The Morgan fingerprint density at radius 3 is 2.67 bits per heavy atom. The van der Waals surface area contributed by atoms with E-state index in [0.29, 0.717) is 9.13 Å². The second kappa shape index (κ2) is 3.34. The van der Waals surface area contributed by atoms with E-state index in [1.54, 1.807) is 29.5 Å². The quantitative estimate of drug-likeness (QED) is 0.451. The van der Waals surface area contributed by atoms with Crippen LogP contribution in [0.25, 0.3) is 0 Å². The SMILES string of the molecule is Cc1ccc([N+](=O)[O-])c(F)c1I. The Balaban J connectivity index is 3.36. The third-order valence-corrected chi connectivity index (χ3v) is 2.78. The minimum absolute atomic E-state index is 0.307. The van der Waals surface area contributed by atoms with Crippen molar-refractivity contribution in [3.05, 3.63) is 37.2 Å². The molecule has 1 aromatic rings. The van der Waals surface area contributed by atoms with E-state index >= 15 is 0 Å². The van der Waals surface area contributed by atoms with Crippen molar-refractivity contribution in [3.63, 3.8) is 0 Å². The van der Waals surface area contributed by atoms with Gasteiger partial charge in [-0.05, 0) is 35.1 Å². The second-order valence-corrected chi connectivity index (χ2v) is 3.37. The first kappa shape index (κ1) is 9.37. The van der Waals surface area contributed by atoms with Crippen LogP contribution in [0.5, 0.6) is 0 Å². The topological polar surface area (TPSA) is 43.1 Å². The highest BCUT2D eigenvalue weighted by molar-refractivity contribution is 14.1. The van der Waals surface area contributed by atoms with Gasteiger partial charge in [0.1, 0.15) is 0 Å². The molecule has 12 heavy (non-hydrogen) atoms. The molecule has 0 fully saturated rings. The van der Waals surface area contributed by atoms with Crippen LogP contribution in [0.4, 0.5) is 10.1 Å². The molecule has 0 heterocycles. The van der Waals surface area contributed by atoms with Crippen LogP contribution >= 0.6 is 22.6 Å². The van der Waals surface area contributed by atoms with Crippen LogP contribution in [0.15, 0.2) is 12.1 Å². The average Bonchev–Trinajstić information content (AvgIpc) is 2.00. The molecule has 0 spiro atoms. The van der Waals surface area contributed by atoms with Crippen molar-refractivity contribution in [1.29, 1.82) is 0 Å². The van der Waals surface area contributed by atoms with Crippen LogP contribution in [0, 0.1) is 26.4 Å². The molecule has 0 radical (unpaired) electrons. The molecule has 1 aromatic carbocycles. The minimum Gasteiger partial charge on any atom is -0.258 e. The fourth-order valence-corrected chi connectivity index (χ4v) is 1.23. The highest BCUT2D eigenvalue weighted by Gasteiger charge is 2.17. The van der Waals surface area contributed by atoms with E-state index < -0.39 is 16.4 Å². The Kier molecular flexibility index (Phi) is 2.61. The fourth-order valence-electron chi connectivity index (χ4n) is 0.777. The fraction of sp³-hybridized carbons (Fsp3) is 0.143. The van der Waals surface area contributed by atoms with Crippen LogP contribution in [-0.4, -0.2) is 4.92 Å². The zero-order valence-electron chi connectivity index (χ0n) is 6.17. The molecule has 0 amide bonds. The van der Waals surface area contributed by atoms with E-state index in [-0.39, 0.29) is 0 Å². The number of aryl methyl sites for hydroxylation is 1. The monoisotopic (exact) mass is 281 g/mol. The van der Waals surface area contributed by atoms with E-state index in [2.05, 4.69) is 0 Å². The Morgan fingerprint density at radius 1 is 1.58 bits per heavy atom. The third-order valence-electron chi connectivity index (χ3n) is 1.45. The zero-order valence-corrected chi connectivity index (χ0v) is 8.33. The Labute approximate surface area is 81.9 Å². The van der Waals surface area contributed by atoms with Gasteiger partial charge >= 0.3 is 5.69 Å². The predicted octanol–water partition coefficient (Wildman–Crippen LogP) is 2.65. The molecule has 0 aliphatic rings. The molecular formula is C7H5FINO2. The lowest BCUT2D eigenvalue weighted by Crippen LogP contribution is -1.96. The van der Waals surface area contributed by atoms with Gasteiger partial charge in [0, 0.05) is 6.07 Å².